The molecule has 1 saturated heterocycles. The zero-order valence-corrected chi connectivity index (χ0v) is 15.9. The predicted molar refractivity (Wildman–Crippen MR) is 94.5 cm³/mol. The molecule has 1 fully saturated rings. The molecule has 1 aromatic rings. The monoisotopic (exact) mass is 372 g/mol. The van der Waals surface area contributed by atoms with E-state index in [1.807, 2.05) is 18.4 Å². The molecular weight excluding hydrogens is 348 g/mol. The molecular formula is C16H24N2O4S2. The molecule has 1 unspecified atom stereocenters. The van der Waals surface area contributed by atoms with Gasteiger partial charge >= 0.3 is 0 Å². The SMILES string of the molecule is CCCS(=O)(=O)NC(=O)C1(C)CCCN(C(=O)c2sccc2C)C1. The van der Waals surface area contributed by atoms with Gasteiger partial charge in [0, 0.05) is 13.1 Å². The fourth-order valence-corrected chi connectivity index (χ4v) is 4.98. The number of carbonyl (C=O) groups excluding carboxylic acids is 2. The fraction of sp³-hybridized carbons (Fsp3) is 0.625. The molecule has 0 bridgehead atoms. The third kappa shape index (κ3) is 4.16. The number of thiophene rings is 1. The van der Waals surface area contributed by atoms with Crippen molar-refractivity contribution in [1.82, 2.24) is 9.62 Å². The summed E-state index contributed by atoms with van der Waals surface area (Å²) < 4.78 is 25.9. The molecule has 2 rings (SSSR count). The van der Waals surface area contributed by atoms with Crippen LogP contribution in [0.4, 0.5) is 0 Å². The van der Waals surface area contributed by atoms with Crippen molar-refractivity contribution < 1.29 is 18.0 Å². The number of carbonyl (C=O) groups is 2. The van der Waals surface area contributed by atoms with Crippen LogP contribution in [0.25, 0.3) is 0 Å². The van der Waals surface area contributed by atoms with Crippen molar-refractivity contribution in [1.29, 1.82) is 0 Å². The van der Waals surface area contributed by atoms with Crippen LogP contribution in [0.5, 0.6) is 0 Å². The highest BCUT2D eigenvalue weighted by molar-refractivity contribution is 7.90. The zero-order chi connectivity index (χ0) is 18.0. The molecule has 6 nitrogen and oxygen atoms in total. The molecule has 0 saturated carbocycles. The Kier molecular flexibility index (Phi) is 5.70. The lowest BCUT2D eigenvalue weighted by Gasteiger charge is -2.39. The van der Waals surface area contributed by atoms with Gasteiger partial charge in [0.2, 0.25) is 15.9 Å². The number of aryl methyl sites for hydroxylation is 1. The highest BCUT2D eigenvalue weighted by Gasteiger charge is 2.41. The number of sulfonamides is 1. The van der Waals surface area contributed by atoms with E-state index >= 15 is 0 Å². The van der Waals surface area contributed by atoms with Crippen LogP contribution in [0.15, 0.2) is 11.4 Å². The topological polar surface area (TPSA) is 83.6 Å². The van der Waals surface area contributed by atoms with Gasteiger partial charge in [-0.25, -0.2) is 8.42 Å². The number of nitrogens with one attached hydrogen (secondary N) is 1. The Bertz CT molecular complexity index is 726. The molecule has 2 heterocycles. The molecule has 8 heteroatoms. The fourth-order valence-electron chi connectivity index (χ4n) is 2.92. The summed E-state index contributed by atoms with van der Waals surface area (Å²) >= 11 is 1.39. The maximum Gasteiger partial charge on any atom is 0.264 e. The Morgan fingerprint density at radius 1 is 1.42 bits per heavy atom. The standard InChI is InChI=1S/C16H24N2O4S2/c1-4-10-24(21,22)17-15(20)16(3)7-5-8-18(11-16)14(19)13-12(2)6-9-23-13/h6,9H,4-5,7-8,10-11H2,1-3H3,(H,17,20). The van der Waals surface area contributed by atoms with E-state index < -0.39 is 21.3 Å². The van der Waals surface area contributed by atoms with Crippen LogP contribution in [-0.4, -0.2) is 44.0 Å². The van der Waals surface area contributed by atoms with E-state index in [1.165, 1.54) is 11.3 Å². The van der Waals surface area contributed by atoms with Gasteiger partial charge in [-0.2, -0.15) is 0 Å². The summed E-state index contributed by atoms with van der Waals surface area (Å²) in [7, 11) is -3.61. The molecule has 134 valence electrons. The Labute approximate surface area is 147 Å². The van der Waals surface area contributed by atoms with Crippen LogP contribution in [0, 0.1) is 12.3 Å². The lowest BCUT2D eigenvalue weighted by Crippen LogP contribution is -2.53. The van der Waals surface area contributed by atoms with Crippen LogP contribution in [0.2, 0.25) is 0 Å². The summed E-state index contributed by atoms with van der Waals surface area (Å²) in [5, 5.41) is 1.87. The number of amides is 2. The highest BCUT2D eigenvalue weighted by Crippen LogP contribution is 2.31. The summed E-state index contributed by atoms with van der Waals surface area (Å²) in [6, 6.07) is 1.89. The second kappa shape index (κ2) is 7.23. The maximum absolute atomic E-state index is 12.7. The van der Waals surface area contributed by atoms with Gasteiger partial charge in [-0.1, -0.05) is 6.92 Å². The zero-order valence-electron chi connectivity index (χ0n) is 14.3. The molecule has 2 amide bonds. The van der Waals surface area contributed by atoms with Crippen LogP contribution in [-0.2, 0) is 14.8 Å². The van der Waals surface area contributed by atoms with Gasteiger partial charge in [0.25, 0.3) is 5.91 Å². The Balaban J connectivity index is 2.12. The molecule has 1 aliphatic rings. The highest BCUT2D eigenvalue weighted by atomic mass is 32.2. The normalized spacial score (nSPS) is 21.5. The van der Waals surface area contributed by atoms with E-state index in [1.54, 1.807) is 18.7 Å². The van der Waals surface area contributed by atoms with E-state index in [2.05, 4.69) is 4.72 Å². The van der Waals surface area contributed by atoms with Crippen LogP contribution in [0.1, 0.15) is 48.3 Å². The number of likely N-dealkylation sites (tertiary alicyclic amines) is 1. The van der Waals surface area contributed by atoms with Crippen molar-refractivity contribution in [2.75, 3.05) is 18.8 Å². The van der Waals surface area contributed by atoms with Crippen LogP contribution < -0.4 is 4.72 Å². The van der Waals surface area contributed by atoms with Crippen molar-refractivity contribution in [3.8, 4) is 0 Å². The minimum absolute atomic E-state index is 0.0775. The smallest absolute Gasteiger partial charge is 0.264 e. The number of hydrogen-bond donors (Lipinski definition) is 1. The largest absolute Gasteiger partial charge is 0.337 e. The number of hydrogen-bond acceptors (Lipinski definition) is 5. The van der Waals surface area contributed by atoms with Gasteiger partial charge < -0.3 is 4.90 Å². The van der Waals surface area contributed by atoms with E-state index in [4.69, 9.17) is 0 Å². The van der Waals surface area contributed by atoms with Crippen molar-refractivity contribution in [3.05, 3.63) is 21.9 Å². The molecule has 0 aliphatic carbocycles. The van der Waals surface area contributed by atoms with Crippen molar-refractivity contribution >= 4 is 33.2 Å². The van der Waals surface area contributed by atoms with Crippen molar-refractivity contribution in [2.45, 2.75) is 40.0 Å². The Morgan fingerprint density at radius 2 is 2.12 bits per heavy atom. The molecule has 1 atom stereocenters. The minimum atomic E-state index is -3.61. The van der Waals surface area contributed by atoms with Crippen molar-refractivity contribution in [3.63, 3.8) is 0 Å². The summed E-state index contributed by atoms with van der Waals surface area (Å²) in [5.41, 5.74) is 0.0344. The average Bonchev–Trinajstić information content (AvgIpc) is 2.92. The van der Waals surface area contributed by atoms with Crippen molar-refractivity contribution in [2.24, 2.45) is 5.41 Å². The predicted octanol–water partition coefficient (Wildman–Crippen LogP) is 2.15. The molecule has 0 spiro atoms. The molecule has 1 aromatic heterocycles. The summed E-state index contributed by atoms with van der Waals surface area (Å²) in [6.45, 7) is 6.18. The quantitative estimate of drug-likeness (QED) is 0.858. The van der Waals surface area contributed by atoms with Gasteiger partial charge in [-0.05, 0) is 50.1 Å². The first-order valence-corrected chi connectivity index (χ1v) is 10.6. The molecule has 1 aliphatic heterocycles. The number of piperidine rings is 1. The van der Waals surface area contributed by atoms with Crippen LogP contribution >= 0.6 is 11.3 Å². The van der Waals surface area contributed by atoms with Gasteiger partial charge in [-0.15, -0.1) is 11.3 Å². The summed E-state index contributed by atoms with van der Waals surface area (Å²) in [5.74, 6) is -0.680. The van der Waals surface area contributed by atoms with Gasteiger partial charge in [0.15, 0.2) is 0 Å². The van der Waals surface area contributed by atoms with Gasteiger partial charge in [0.1, 0.15) is 0 Å². The van der Waals surface area contributed by atoms with E-state index in [9.17, 15) is 18.0 Å². The first kappa shape index (κ1) is 18.9. The maximum atomic E-state index is 12.7. The molecule has 0 radical (unpaired) electrons. The van der Waals surface area contributed by atoms with Gasteiger partial charge in [0.05, 0.1) is 16.0 Å². The Hall–Kier alpha value is -1.41. The summed E-state index contributed by atoms with van der Waals surface area (Å²) in [6.07, 6.45) is 1.68. The van der Waals surface area contributed by atoms with E-state index in [0.717, 1.165) is 5.56 Å². The average molecular weight is 373 g/mol. The van der Waals surface area contributed by atoms with E-state index in [-0.39, 0.29) is 18.2 Å². The number of rotatable bonds is 5. The molecule has 1 N–H and O–H groups in total. The first-order chi connectivity index (χ1) is 11.2. The third-order valence-corrected chi connectivity index (χ3v) is 6.76. The molecule has 0 aromatic carbocycles. The lowest BCUT2D eigenvalue weighted by atomic mass is 9.81. The number of nitrogens with zero attached hydrogens (tertiary/aromatic N) is 1. The minimum Gasteiger partial charge on any atom is -0.337 e. The molecule has 24 heavy (non-hydrogen) atoms. The second-order valence-electron chi connectivity index (χ2n) is 6.57. The first-order valence-electron chi connectivity index (χ1n) is 8.07. The van der Waals surface area contributed by atoms with Crippen LogP contribution in [0.3, 0.4) is 0 Å². The van der Waals surface area contributed by atoms with E-state index in [0.29, 0.717) is 30.7 Å². The van der Waals surface area contributed by atoms with Gasteiger partial charge in [-0.3, -0.25) is 14.3 Å². The third-order valence-electron chi connectivity index (χ3n) is 4.31. The second-order valence-corrected chi connectivity index (χ2v) is 9.33. The summed E-state index contributed by atoms with van der Waals surface area (Å²) in [4.78, 5) is 27.5. The lowest BCUT2D eigenvalue weighted by molar-refractivity contribution is -0.130. The Morgan fingerprint density at radius 3 is 2.71 bits per heavy atom.